The number of carbonyl (C=O) groups excluding carboxylic acids is 2. The Balaban J connectivity index is 1.67. The summed E-state index contributed by atoms with van der Waals surface area (Å²) in [6, 6.07) is 6.50. The molecule has 23 heavy (non-hydrogen) atoms. The molecule has 1 aliphatic rings. The lowest BCUT2D eigenvalue weighted by Crippen LogP contribution is -2.30. The largest absolute Gasteiger partial charge is 0.484 e. The van der Waals surface area contributed by atoms with E-state index >= 15 is 0 Å². The highest BCUT2D eigenvalue weighted by Crippen LogP contribution is 2.19. The van der Waals surface area contributed by atoms with Gasteiger partial charge in [0.05, 0.1) is 12.7 Å². The van der Waals surface area contributed by atoms with Crippen LogP contribution in [-0.2, 0) is 9.53 Å². The lowest BCUT2D eigenvalue weighted by molar-refractivity contribution is -0.123. The quantitative estimate of drug-likeness (QED) is 0.620. The lowest BCUT2D eigenvalue weighted by Gasteiger charge is -2.13. The van der Waals surface area contributed by atoms with Crippen molar-refractivity contribution in [3.05, 3.63) is 41.5 Å². The van der Waals surface area contributed by atoms with Crippen LogP contribution in [0.4, 0.5) is 0 Å². The molecule has 1 aromatic carbocycles. The van der Waals surface area contributed by atoms with Crippen LogP contribution in [0.3, 0.4) is 0 Å². The average molecular weight is 317 g/mol. The van der Waals surface area contributed by atoms with Gasteiger partial charge in [-0.15, -0.1) is 0 Å². The van der Waals surface area contributed by atoms with Gasteiger partial charge in [-0.05, 0) is 56.4 Å². The topological polar surface area (TPSA) is 64.6 Å². The summed E-state index contributed by atoms with van der Waals surface area (Å²) in [5.41, 5.74) is 1.89. The van der Waals surface area contributed by atoms with Crippen LogP contribution in [0.25, 0.3) is 0 Å². The Morgan fingerprint density at radius 1 is 1.17 bits per heavy atom. The molecule has 5 nitrogen and oxygen atoms in total. The van der Waals surface area contributed by atoms with Crippen LogP contribution in [0.5, 0.6) is 5.75 Å². The van der Waals surface area contributed by atoms with E-state index in [0.717, 1.165) is 19.3 Å². The molecule has 0 unspecified atom stereocenters. The molecule has 2 rings (SSSR count). The van der Waals surface area contributed by atoms with E-state index in [1.807, 2.05) is 0 Å². The van der Waals surface area contributed by atoms with E-state index < -0.39 is 5.97 Å². The van der Waals surface area contributed by atoms with Gasteiger partial charge in [0.25, 0.3) is 5.91 Å². The summed E-state index contributed by atoms with van der Waals surface area (Å²) >= 11 is 0. The van der Waals surface area contributed by atoms with Gasteiger partial charge in [0, 0.05) is 6.54 Å². The van der Waals surface area contributed by atoms with Gasteiger partial charge in [0.2, 0.25) is 0 Å². The number of nitrogens with one attached hydrogen (secondary N) is 1. The molecule has 124 valence electrons. The van der Waals surface area contributed by atoms with Crippen LogP contribution in [0, 0.1) is 0 Å². The normalized spacial score (nSPS) is 13.9. The zero-order valence-electron chi connectivity index (χ0n) is 13.5. The van der Waals surface area contributed by atoms with Gasteiger partial charge in [0.15, 0.2) is 6.61 Å². The van der Waals surface area contributed by atoms with E-state index in [2.05, 4.69) is 16.1 Å². The van der Waals surface area contributed by atoms with Crippen molar-refractivity contribution in [3.63, 3.8) is 0 Å². The maximum absolute atomic E-state index is 11.7. The Morgan fingerprint density at radius 3 is 2.61 bits per heavy atom. The fourth-order valence-corrected chi connectivity index (χ4v) is 2.50. The molecule has 1 amide bonds. The zero-order chi connectivity index (χ0) is 16.5. The molecule has 0 saturated heterocycles. The number of methoxy groups -OCH3 is 1. The molecule has 0 aliphatic heterocycles. The van der Waals surface area contributed by atoms with Crippen LogP contribution >= 0.6 is 0 Å². The van der Waals surface area contributed by atoms with Gasteiger partial charge in [-0.1, -0.05) is 11.6 Å². The molecule has 0 saturated carbocycles. The molecule has 0 atom stereocenters. The maximum Gasteiger partial charge on any atom is 0.337 e. The van der Waals surface area contributed by atoms with Gasteiger partial charge in [0.1, 0.15) is 5.75 Å². The third-order valence-corrected chi connectivity index (χ3v) is 3.80. The highest BCUT2D eigenvalue weighted by molar-refractivity contribution is 5.89. The van der Waals surface area contributed by atoms with Crippen molar-refractivity contribution in [2.45, 2.75) is 32.1 Å². The van der Waals surface area contributed by atoms with Gasteiger partial charge >= 0.3 is 5.97 Å². The number of ether oxygens (including phenoxy) is 2. The summed E-state index contributed by atoms with van der Waals surface area (Å²) in [5.74, 6) is 0.00700. The first kappa shape index (κ1) is 17.1. The van der Waals surface area contributed by atoms with Gasteiger partial charge < -0.3 is 14.8 Å². The molecule has 0 bridgehead atoms. The van der Waals surface area contributed by atoms with Crippen LogP contribution in [-0.4, -0.2) is 32.1 Å². The monoisotopic (exact) mass is 317 g/mol. The second-order valence-electron chi connectivity index (χ2n) is 5.51. The molecule has 0 aromatic heterocycles. The summed E-state index contributed by atoms with van der Waals surface area (Å²) < 4.78 is 10.0. The number of benzene rings is 1. The van der Waals surface area contributed by atoms with E-state index in [9.17, 15) is 9.59 Å². The van der Waals surface area contributed by atoms with Crippen molar-refractivity contribution in [1.82, 2.24) is 5.32 Å². The Hall–Kier alpha value is -2.30. The first-order chi connectivity index (χ1) is 11.2. The molecule has 1 aromatic rings. The molecule has 0 heterocycles. The van der Waals surface area contributed by atoms with Gasteiger partial charge in [-0.25, -0.2) is 4.79 Å². The fraction of sp³-hybridized carbons (Fsp3) is 0.444. The first-order valence-electron chi connectivity index (χ1n) is 7.95. The number of rotatable bonds is 7. The van der Waals surface area contributed by atoms with Gasteiger partial charge in [-0.2, -0.15) is 0 Å². The van der Waals surface area contributed by atoms with Crippen LogP contribution in [0.1, 0.15) is 42.5 Å². The summed E-state index contributed by atoms with van der Waals surface area (Å²) in [6.07, 6.45) is 8.05. The van der Waals surface area contributed by atoms with Crippen LogP contribution in [0.2, 0.25) is 0 Å². The minimum Gasteiger partial charge on any atom is -0.484 e. The van der Waals surface area contributed by atoms with Crippen molar-refractivity contribution < 1.29 is 19.1 Å². The number of carbonyl (C=O) groups is 2. The Kier molecular flexibility index (Phi) is 6.66. The van der Waals surface area contributed by atoms with Crippen LogP contribution in [0.15, 0.2) is 35.9 Å². The average Bonchev–Trinajstić information content (AvgIpc) is 2.60. The number of hydrogen-bond donors (Lipinski definition) is 1. The minimum absolute atomic E-state index is 0.0311. The summed E-state index contributed by atoms with van der Waals surface area (Å²) in [4.78, 5) is 23.1. The Bertz CT molecular complexity index is 563. The summed E-state index contributed by atoms with van der Waals surface area (Å²) in [7, 11) is 1.33. The number of hydrogen-bond acceptors (Lipinski definition) is 4. The number of amides is 1. The predicted octanol–water partition coefficient (Wildman–Crippen LogP) is 2.86. The van der Waals surface area contributed by atoms with E-state index in [-0.39, 0.29) is 12.5 Å². The molecule has 0 radical (unpaired) electrons. The SMILES string of the molecule is COC(=O)c1ccc(OCC(=O)NCCC2=CCCCC2)cc1. The van der Waals surface area contributed by atoms with Crippen LogP contribution < -0.4 is 10.1 Å². The van der Waals surface area contributed by atoms with E-state index in [0.29, 0.717) is 17.9 Å². The standard InChI is InChI=1S/C18H23NO4/c1-22-18(21)15-7-9-16(10-8-15)23-13-17(20)19-12-11-14-5-3-2-4-6-14/h5,7-10H,2-4,6,11-13H2,1H3,(H,19,20). The third-order valence-electron chi connectivity index (χ3n) is 3.80. The summed E-state index contributed by atoms with van der Waals surface area (Å²) in [6.45, 7) is 0.617. The number of allylic oxidation sites excluding steroid dienone is 1. The Labute approximate surface area is 136 Å². The molecule has 5 heteroatoms. The molecular formula is C18H23NO4. The second-order valence-corrected chi connectivity index (χ2v) is 5.51. The van der Waals surface area contributed by atoms with E-state index in [1.165, 1.54) is 25.5 Å². The smallest absolute Gasteiger partial charge is 0.337 e. The highest BCUT2D eigenvalue weighted by Gasteiger charge is 2.07. The Morgan fingerprint density at radius 2 is 1.96 bits per heavy atom. The highest BCUT2D eigenvalue weighted by atomic mass is 16.5. The fourth-order valence-electron chi connectivity index (χ4n) is 2.50. The zero-order valence-corrected chi connectivity index (χ0v) is 13.5. The van der Waals surface area contributed by atoms with E-state index in [4.69, 9.17) is 4.74 Å². The van der Waals surface area contributed by atoms with Crippen molar-refractivity contribution in [2.24, 2.45) is 0 Å². The second kappa shape index (κ2) is 8.98. The maximum atomic E-state index is 11.7. The van der Waals surface area contributed by atoms with Crippen molar-refractivity contribution in [1.29, 1.82) is 0 Å². The molecule has 0 fully saturated rings. The minimum atomic E-state index is -0.397. The first-order valence-corrected chi connectivity index (χ1v) is 7.95. The molecule has 1 N–H and O–H groups in total. The molecule has 1 aliphatic carbocycles. The van der Waals surface area contributed by atoms with E-state index in [1.54, 1.807) is 24.3 Å². The number of esters is 1. The van der Waals surface area contributed by atoms with Gasteiger partial charge in [-0.3, -0.25) is 4.79 Å². The van der Waals surface area contributed by atoms with Crippen molar-refractivity contribution >= 4 is 11.9 Å². The summed E-state index contributed by atoms with van der Waals surface area (Å²) in [5, 5.41) is 2.86. The van der Waals surface area contributed by atoms with Crippen molar-refractivity contribution in [3.8, 4) is 5.75 Å². The third kappa shape index (κ3) is 5.77. The lowest BCUT2D eigenvalue weighted by atomic mass is 9.97. The predicted molar refractivity (Wildman–Crippen MR) is 87.5 cm³/mol. The van der Waals surface area contributed by atoms with Crippen molar-refractivity contribution in [2.75, 3.05) is 20.3 Å². The molecular weight excluding hydrogens is 294 g/mol. The molecule has 0 spiro atoms.